The van der Waals surface area contributed by atoms with Crippen molar-refractivity contribution in [2.24, 2.45) is 0 Å². The first-order valence-corrected chi connectivity index (χ1v) is 11.9. The zero-order valence-electron chi connectivity index (χ0n) is 18.3. The average molecular weight is 527 g/mol. The van der Waals surface area contributed by atoms with Gasteiger partial charge in [-0.1, -0.05) is 0 Å². The van der Waals surface area contributed by atoms with Gasteiger partial charge in [-0.15, -0.1) is 0 Å². The largest absolute Gasteiger partial charge is 0.434 e. The number of nitrogens with one attached hydrogen (secondary N) is 1. The smallest absolute Gasteiger partial charge is 0.349 e. The van der Waals surface area contributed by atoms with E-state index in [-0.39, 0.29) is 23.6 Å². The van der Waals surface area contributed by atoms with Crippen LogP contribution in [-0.2, 0) is 27.5 Å². The third kappa shape index (κ3) is 5.49. The Morgan fingerprint density at radius 3 is 2.44 bits per heavy atom. The summed E-state index contributed by atoms with van der Waals surface area (Å²) in [5.74, 6) is -1.41. The second-order valence-corrected chi connectivity index (χ2v) is 9.81. The van der Waals surface area contributed by atoms with Crippen LogP contribution in [0.3, 0.4) is 0 Å². The highest BCUT2D eigenvalue weighted by Gasteiger charge is 2.44. The summed E-state index contributed by atoms with van der Waals surface area (Å²) < 4.78 is 92.0. The lowest BCUT2D eigenvalue weighted by Crippen LogP contribution is -2.45. The molecule has 0 saturated carbocycles. The molecule has 1 N–H and O–H groups in total. The van der Waals surface area contributed by atoms with E-state index in [4.69, 9.17) is 0 Å². The summed E-state index contributed by atoms with van der Waals surface area (Å²) in [7, 11) is -4.27. The highest BCUT2D eigenvalue weighted by atomic mass is 32.2. The van der Waals surface area contributed by atoms with Gasteiger partial charge in [-0.3, -0.25) is 14.8 Å². The predicted molar refractivity (Wildman–Crippen MR) is 116 cm³/mol. The monoisotopic (exact) mass is 527 g/mol. The summed E-state index contributed by atoms with van der Waals surface area (Å²) in [6.07, 6.45) is -3.65. The Labute approximate surface area is 202 Å². The lowest BCUT2D eigenvalue weighted by molar-refractivity contribution is -0.141. The molecule has 0 unspecified atom stereocenters. The number of carbonyl (C=O) groups excluding carboxylic acids is 1. The standard InChI is InChI=1S/C22H18F5N5O3S/c23-14-1-3-17(4-2-14)36(34,35)32-12-15(24)8-19(32)21(33)31-9-16-7-13(5-6-28-16)18-10-30-20(11-29-18)22(25,26)27/h1-7,10-11,15,19H,8-9,12H2,(H,31,33)/t15-,19+/m1/s1. The lowest BCUT2D eigenvalue weighted by atomic mass is 10.1. The molecule has 4 rings (SSSR count). The van der Waals surface area contributed by atoms with E-state index in [1.165, 1.54) is 18.3 Å². The number of rotatable bonds is 6. The third-order valence-electron chi connectivity index (χ3n) is 5.43. The van der Waals surface area contributed by atoms with Gasteiger partial charge in [0.05, 0.1) is 35.2 Å². The SMILES string of the molecule is O=C(NCc1cc(-c2cnc(C(F)(F)F)cn2)ccn1)[C@@H]1C[C@@H](F)CN1S(=O)(=O)c1ccc(F)cc1. The van der Waals surface area contributed by atoms with Gasteiger partial charge in [0.15, 0.2) is 5.69 Å². The van der Waals surface area contributed by atoms with Crippen LogP contribution in [0.4, 0.5) is 22.0 Å². The maximum absolute atomic E-state index is 14.2. The highest BCUT2D eigenvalue weighted by Crippen LogP contribution is 2.29. The molecule has 1 aliphatic rings. The maximum atomic E-state index is 14.2. The fourth-order valence-corrected chi connectivity index (χ4v) is 5.28. The minimum Gasteiger partial charge on any atom is -0.349 e. The molecule has 1 aromatic carbocycles. The van der Waals surface area contributed by atoms with Gasteiger partial charge in [-0.25, -0.2) is 22.2 Å². The Bertz CT molecular complexity index is 1350. The molecule has 0 aliphatic carbocycles. The van der Waals surface area contributed by atoms with Crippen molar-refractivity contribution >= 4 is 15.9 Å². The fraction of sp³-hybridized carbons (Fsp3) is 0.273. The molecule has 0 bridgehead atoms. The summed E-state index contributed by atoms with van der Waals surface area (Å²) in [4.78, 5) is 23.7. The van der Waals surface area contributed by atoms with Crippen LogP contribution >= 0.6 is 0 Å². The molecular weight excluding hydrogens is 509 g/mol. The number of hydrogen-bond acceptors (Lipinski definition) is 6. The summed E-state index contributed by atoms with van der Waals surface area (Å²) in [5, 5.41) is 2.51. The van der Waals surface area contributed by atoms with Crippen LogP contribution in [0.5, 0.6) is 0 Å². The normalized spacial score (nSPS) is 18.8. The van der Waals surface area contributed by atoms with Crippen molar-refractivity contribution in [1.29, 1.82) is 0 Å². The number of benzene rings is 1. The third-order valence-corrected chi connectivity index (χ3v) is 7.31. The number of aromatic nitrogens is 3. The van der Waals surface area contributed by atoms with Crippen molar-refractivity contribution in [3.8, 4) is 11.3 Å². The number of nitrogens with zero attached hydrogens (tertiary/aromatic N) is 4. The first-order chi connectivity index (χ1) is 16.9. The van der Waals surface area contributed by atoms with Crippen LogP contribution in [0.2, 0.25) is 0 Å². The molecule has 14 heteroatoms. The molecule has 3 aromatic rings. The van der Waals surface area contributed by atoms with Gasteiger partial charge in [0.25, 0.3) is 0 Å². The van der Waals surface area contributed by atoms with E-state index in [2.05, 4.69) is 20.3 Å². The van der Waals surface area contributed by atoms with Gasteiger partial charge in [0, 0.05) is 24.7 Å². The predicted octanol–water partition coefficient (Wildman–Crippen LogP) is 3.11. The van der Waals surface area contributed by atoms with Crippen molar-refractivity contribution in [2.45, 2.75) is 36.3 Å². The van der Waals surface area contributed by atoms with Crippen LogP contribution in [0, 0.1) is 5.82 Å². The zero-order valence-corrected chi connectivity index (χ0v) is 19.1. The number of alkyl halides is 4. The van der Waals surface area contributed by atoms with Gasteiger partial charge in [-0.05, 0) is 36.4 Å². The fourth-order valence-electron chi connectivity index (χ4n) is 3.66. The van der Waals surface area contributed by atoms with E-state index in [9.17, 15) is 35.2 Å². The Morgan fingerprint density at radius 2 is 1.81 bits per heavy atom. The number of amides is 1. The van der Waals surface area contributed by atoms with Gasteiger partial charge < -0.3 is 5.32 Å². The number of hydrogen-bond donors (Lipinski definition) is 1. The molecule has 1 amide bonds. The second kappa shape index (κ2) is 9.85. The molecule has 1 aliphatic heterocycles. The molecule has 36 heavy (non-hydrogen) atoms. The highest BCUT2D eigenvalue weighted by molar-refractivity contribution is 7.89. The zero-order chi connectivity index (χ0) is 26.1. The van der Waals surface area contributed by atoms with E-state index in [0.29, 0.717) is 17.5 Å². The average Bonchev–Trinajstić information content (AvgIpc) is 3.25. The Balaban J connectivity index is 1.46. The minimum absolute atomic E-state index is 0.144. The topological polar surface area (TPSA) is 105 Å². The molecule has 1 saturated heterocycles. The summed E-state index contributed by atoms with van der Waals surface area (Å²) in [6.45, 7) is -0.698. The molecule has 2 atom stereocenters. The Kier molecular flexibility index (Phi) is 7.00. The first-order valence-electron chi connectivity index (χ1n) is 10.5. The molecular formula is C22H18F5N5O3S. The molecule has 190 valence electrons. The van der Waals surface area contributed by atoms with E-state index < -0.39 is 52.4 Å². The first kappa shape index (κ1) is 25.6. The van der Waals surface area contributed by atoms with Crippen LogP contribution in [0.25, 0.3) is 11.3 Å². The van der Waals surface area contributed by atoms with Gasteiger partial charge in [0.1, 0.15) is 18.0 Å². The molecule has 0 spiro atoms. The van der Waals surface area contributed by atoms with Crippen LogP contribution in [0.1, 0.15) is 17.8 Å². The number of sulfonamides is 1. The number of pyridine rings is 1. The second-order valence-electron chi connectivity index (χ2n) is 7.92. The lowest BCUT2D eigenvalue weighted by Gasteiger charge is -2.23. The summed E-state index contributed by atoms with van der Waals surface area (Å²) in [6, 6.07) is 5.59. The van der Waals surface area contributed by atoms with Crippen LogP contribution < -0.4 is 5.32 Å². The van der Waals surface area contributed by atoms with E-state index in [1.807, 2.05) is 0 Å². The van der Waals surface area contributed by atoms with Gasteiger partial charge in [-0.2, -0.15) is 17.5 Å². The van der Waals surface area contributed by atoms with Gasteiger partial charge in [0.2, 0.25) is 15.9 Å². The quantitative estimate of drug-likeness (QED) is 0.494. The van der Waals surface area contributed by atoms with Crippen molar-refractivity contribution in [3.05, 3.63) is 72.2 Å². The molecule has 3 heterocycles. The maximum Gasteiger partial charge on any atom is 0.434 e. The van der Waals surface area contributed by atoms with Gasteiger partial charge >= 0.3 is 6.18 Å². The Hall–Kier alpha value is -3.52. The number of halogens is 5. The van der Waals surface area contributed by atoms with E-state index in [1.54, 1.807) is 0 Å². The van der Waals surface area contributed by atoms with Crippen molar-refractivity contribution in [2.75, 3.05) is 6.54 Å². The van der Waals surface area contributed by atoms with E-state index >= 15 is 0 Å². The van der Waals surface area contributed by atoms with Crippen molar-refractivity contribution in [1.82, 2.24) is 24.6 Å². The molecule has 8 nitrogen and oxygen atoms in total. The summed E-state index contributed by atoms with van der Waals surface area (Å²) in [5.41, 5.74) is -0.313. The summed E-state index contributed by atoms with van der Waals surface area (Å²) >= 11 is 0. The minimum atomic E-state index is -4.63. The number of carbonyl (C=O) groups is 1. The molecule has 2 aromatic heterocycles. The van der Waals surface area contributed by atoms with Crippen LogP contribution in [-0.4, -0.2) is 52.3 Å². The van der Waals surface area contributed by atoms with Crippen LogP contribution in [0.15, 0.2) is 59.9 Å². The Morgan fingerprint density at radius 1 is 1.08 bits per heavy atom. The van der Waals surface area contributed by atoms with Crippen molar-refractivity contribution < 1.29 is 35.2 Å². The van der Waals surface area contributed by atoms with Crippen molar-refractivity contribution in [3.63, 3.8) is 0 Å². The van der Waals surface area contributed by atoms with E-state index in [0.717, 1.165) is 34.8 Å². The molecule has 1 fully saturated rings. The molecule has 0 radical (unpaired) electrons.